The molecule has 2 aromatic carbocycles. The van der Waals surface area contributed by atoms with Crippen molar-refractivity contribution >= 4 is 23.5 Å². The minimum atomic E-state index is -0.140. The molecule has 0 saturated heterocycles. The second kappa shape index (κ2) is 7.75. The molecule has 0 aliphatic heterocycles. The summed E-state index contributed by atoms with van der Waals surface area (Å²) in [6.45, 7) is 2.42. The number of amides is 1. The third-order valence-electron chi connectivity index (χ3n) is 3.47. The molecule has 0 aliphatic rings. The summed E-state index contributed by atoms with van der Waals surface area (Å²) >= 11 is 1.48. The number of furan rings is 1. The summed E-state index contributed by atoms with van der Waals surface area (Å²) in [7, 11) is 0. The number of anilines is 1. The maximum absolute atomic E-state index is 12.4. The average molecular weight is 338 g/mol. The Bertz CT molecular complexity index is 798. The van der Waals surface area contributed by atoms with E-state index in [0.717, 1.165) is 16.3 Å². The highest BCUT2D eigenvalue weighted by molar-refractivity contribution is 8.00. The number of benzene rings is 2. The Morgan fingerprint density at radius 3 is 2.58 bits per heavy atom. The molecule has 3 rings (SSSR count). The van der Waals surface area contributed by atoms with Gasteiger partial charge in [-0.1, -0.05) is 29.8 Å². The fourth-order valence-electron chi connectivity index (χ4n) is 2.17. The van der Waals surface area contributed by atoms with Crippen LogP contribution < -0.4 is 10.0 Å². The molecule has 0 unspecified atom stereocenters. The number of carbonyl (C=O) groups is 1. The Morgan fingerprint density at radius 1 is 1.04 bits per heavy atom. The largest absolute Gasteiger partial charge is 0.467 e. The molecule has 0 bridgehead atoms. The van der Waals surface area contributed by atoms with Gasteiger partial charge in [0.15, 0.2) is 0 Å². The van der Waals surface area contributed by atoms with Crippen molar-refractivity contribution in [1.29, 1.82) is 0 Å². The van der Waals surface area contributed by atoms with Crippen molar-refractivity contribution in [2.45, 2.75) is 18.4 Å². The second-order valence-corrected chi connectivity index (χ2v) is 6.20. The molecule has 1 aromatic heterocycles. The molecular weight excluding hydrogens is 320 g/mol. The maximum Gasteiger partial charge on any atom is 0.253 e. The van der Waals surface area contributed by atoms with Gasteiger partial charge in [-0.3, -0.25) is 4.79 Å². The minimum absolute atomic E-state index is 0.140. The van der Waals surface area contributed by atoms with E-state index in [-0.39, 0.29) is 5.91 Å². The van der Waals surface area contributed by atoms with Gasteiger partial charge in [0.1, 0.15) is 5.76 Å². The highest BCUT2D eigenvalue weighted by Gasteiger charge is 2.11. The first-order valence-corrected chi connectivity index (χ1v) is 8.43. The van der Waals surface area contributed by atoms with Crippen LogP contribution in [0.5, 0.6) is 0 Å². The van der Waals surface area contributed by atoms with Crippen molar-refractivity contribution in [2.75, 3.05) is 4.72 Å². The number of hydrogen-bond acceptors (Lipinski definition) is 4. The third-order valence-corrected chi connectivity index (χ3v) is 4.30. The van der Waals surface area contributed by atoms with Crippen LogP contribution in [0, 0.1) is 6.92 Å². The third kappa shape index (κ3) is 4.20. The van der Waals surface area contributed by atoms with Crippen LogP contribution in [-0.2, 0) is 6.54 Å². The first-order valence-electron chi connectivity index (χ1n) is 7.61. The quantitative estimate of drug-likeness (QED) is 0.643. The van der Waals surface area contributed by atoms with Crippen LogP contribution in [0.25, 0.3) is 0 Å². The van der Waals surface area contributed by atoms with Crippen molar-refractivity contribution in [2.24, 2.45) is 0 Å². The molecule has 0 spiro atoms. The van der Waals surface area contributed by atoms with E-state index in [2.05, 4.69) is 29.1 Å². The van der Waals surface area contributed by atoms with Gasteiger partial charge in [-0.05, 0) is 55.3 Å². The summed E-state index contributed by atoms with van der Waals surface area (Å²) < 4.78 is 8.49. The predicted octanol–water partition coefficient (Wildman–Crippen LogP) is 4.64. The van der Waals surface area contributed by atoms with Crippen LogP contribution in [-0.4, -0.2) is 5.91 Å². The van der Waals surface area contributed by atoms with Gasteiger partial charge in [0.2, 0.25) is 0 Å². The number of carbonyl (C=O) groups excluding carboxylic acids is 1. The standard InChI is InChI=1S/C19H18N2O2S/c1-14-8-10-16(11-9-14)24-21-18-7-3-2-6-17(18)19(22)20-13-15-5-4-12-23-15/h2-12,21H,13H2,1H3,(H,20,22). The molecule has 0 radical (unpaired) electrons. The lowest BCUT2D eigenvalue weighted by Crippen LogP contribution is -2.23. The molecule has 0 atom stereocenters. The molecule has 122 valence electrons. The van der Waals surface area contributed by atoms with Crippen molar-refractivity contribution in [3.8, 4) is 0 Å². The maximum atomic E-state index is 12.4. The van der Waals surface area contributed by atoms with E-state index in [0.29, 0.717) is 12.1 Å². The Hall–Kier alpha value is -2.66. The van der Waals surface area contributed by atoms with Gasteiger partial charge in [-0.2, -0.15) is 0 Å². The summed E-state index contributed by atoms with van der Waals surface area (Å²) in [4.78, 5) is 13.5. The summed E-state index contributed by atoms with van der Waals surface area (Å²) in [5.74, 6) is 0.585. The van der Waals surface area contributed by atoms with E-state index >= 15 is 0 Å². The van der Waals surface area contributed by atoms with Crippen LogP contribution in [0.2, 0.25) is 0 Å². The molecule has 5 heteroatoms. The lowest BCUT2D eigenvalue weighted by Gasteiger charge is -2.11. The molecule has 0 fully saturated rings. The molecule has 1 amide bonds. The van der Waals surface area contributed by atoms with Crippen molar-refractivity contribution in [1.82, 2.24) is 5.32 Å². The number of rotatable bonds is 6. The molecule has 0 aliphatic carbocycles. The van der Waals surface area contributed by atoms with Crippen molar-refractivity contribution < 1.29 is 9.21 Å². The zero-order chi connectivity index (χ0) is 16.8. The van der Waals surface area contributed by atoms with Gasteiger partial charge < -0.3 is 14.5 Å². The average Bonchev–Trinajstić information content (AvgIpc) is 3.13. The summed E-state index contributed by atoms with van der Waals surface area (Å²) in [5, 5.41) is 2.87. The normalized spacial score (nSPS) is 10.4. The number of para-hydroxylation sites is 1. The lowest BCUT2D eigenvalue weighted by atomic mass is 10.1. The Morgan fingerprint density at radius 2 is 1.83 bits per heavy atom. The molecular formula is C19H18N2O2S. The summed E-state index contributed by atoms with van der Waals surface area (Å²) in [6.07, 6.45) is 1.59. The fraction of sp³-hybridized carbons (Fsp3) is 0.105. The van der Waals surface area contributed by atoms with Gasteiger partial charge in [0.05, 0.1) is 24.1 Å². The van der Waals surface area contributed by atoms with Crippen molar-refractivity contribution in [3.05, 3.63) is 83.8 Å². The Labute approximate surface area is 145 Å². The summed E-state index contributed by atoms with van der Waals surface area (Å²) in [6, 6.07) is 19.3. The number of aryl methyl sites for hydroxylation is 1. The Kier molecular flexibility index (Phi) is 5.23. The van der Waals surface area contributed by atoms with E-state index in [4.69, 9.17) is 4.42 Å². The zero-order valence-corrected chi connectivity index (χ0v) is 14.1. The fourth-order valence-corrected chi connectivity index (χ4v) is 2.84. The molecule has 4 nitrogen and oxygen atoms in total. The predicted molar refractivity (Wildman–Crippen MR) is 97.0 cm³/mol. The van der Waals surface area contributed by atoms with Gasteiger partial charge in [0.25, 0.3) is 5.91 Å². The van der Waals surface area contributed by atoms with E-state index in [1.807, 2.05) is 36.4 Å². The van der Waals surface area contributed by atoms with Crippen LogP contribution >= 0.6 is 11.9 Å². The second-order valence-electron chi connectivity index (χ2n) is 5.32. The SMILES string of the molecule is Cc1ccc(SNc2ccccc2C(=O)NCc2ccco2)cc1. The van der Waals surface area contributed by atoms with Crippen LogP contribution in [0.1, 0.15) is 21.7 Å². The van der Waals surface area contributed by atoms with E-state index in [9.17, 15) is 4.79 Å². The summed E-state index contributed by atoms with van der Waals surface area (Å²) in [5.41, 5.74) is 2.60. The number of hydrogen-bond donors (Lipinski definition) is 2. The van der Waals surface area contributed by atoms with Gasteiger partial charge in [-0.15, -0.1) is 0 Å². The highest BCUT2D eigenvalue weighted by atomic mass is 32.2. The highest BCUT2D eigenvalue weighted by Crippen LogP contribution is 2.24. The minimum Gasteiger partial charge on any atom is -0.467 e. The van der Waals surface area contributed by atoms with E-state index in [1.54, 1.807) is 18.4 Å². The lowest BCUT2D eigenvalue weighted by molar-refractivity contribution is 0.0949. The molecule has 0 saturated carbocycles. The van der Waals surface area contributed by atoms with Gasteiger partial charge in [0, 0.05) is 4.90 Å². The van der Waals surface area contributed by atoms with E-state index in [1.165, 1.54) is 17.5 Å². The molecule has 2 N–H and O–H groups in total. The van der Waals surface area contributed by atoms with Gasteiger partial charge >= 0.3 is 0 Å². The first-order chi connectivity index (χ1) is 11.7. The Balaban J connectivity index is 1.65. The topological polar surface area (TPSA) is 54.3 Å². The van der Waals surface area contributed by atoms with Crippen LogP contribution in [0.3, 0.4) is 0 Å². The molecule has 24 heavy (non-hydrogen) atoms. The zero-order valence-electron chi connectivity index (χ0n) is 13.3. The van der Waals surface area contributed by atoms with Crippen LogP contribution in [0.15, 0.2) is 76.2 Å². The van der Waals surface area contributed by atoms with E-state index < -0.39 is 0 Å². The van der Waals surface area contributed by atoms with Crippen LogP contribution in [0.4, 0.5) is 5.69 Å². The molecule has 1 heterocycles. The first kappa shape index (κ1) is 16.2. The molecule has 3 aromatic rings. The monoisotopic (exact) mass is 338 g/mol. The smallest absolute Gasteiger partial charge is 0.253 e. The van der Waals surface area contributed by atoms with Gasteiger partial charge in [-0.25, -0.2) is 0 Å². The van der Waals surface area contributed by atoms with Crippen molar-refractivity contribution in [3.63, 3.8) is 0 Å². The number of nitrogens with one attached hydrogen (secondary N) is 2.